The predicted octanol–water partition coefficient (Wildman–Crippen LogP) is 6.24. The van der Waals surface area contributed by atoms with E-state index < -0.39 is 43.2 Å². The molecule has 5 atom stereocenters. The fourth-order valence-electron chi connectivity index (χ4n) is 5.86. The first-order valence-electron chi connectivity index (χ1n) is 18.7. The minimum Gasteiger partial charge on any atom is -0.457 e. The number of unbranched alkanes of at least 4 members (excludes halogenated alkanes) is 16. The Morgan fingerprint density at radius 1 is 0.674 bits per heavy atom. The normalized spacial score (nSPS) is 21.2. The van der Waals surface area contributed by atoms with Crippen molar-refractivity contribution >= 4 is 17.8 Å². The second kappa shape index (κ2) is 28.3. The molecule has 0 spiro atoms. The Kier molecular flexibility index (Phi) is 26.0. The quantitative estimate of drug-likeness (QED) is 0.0548. The molecule has 0 aromatic rings. The highest BCUT2D eigenvalue weighted by atomic mass is 16.7. The Labute approximate surface area is 279 Å². The second-order valence-corrected chi connectivity index (χ2v) is 12.8. The van der Waals surface area contributed by atoms with Crippen molar-refractivity contribution in [3.05, 3.63) is 0 Å². The van der Waals surface area contributed by atoms with Crippen molar-refractivity contribution in [1.82, 2.24) is 10.6 Å². The molecule has 1 fully saturated rings. The molecular weight excluding hydrogens is 588 g/mol. The Morgan fingerprint density at radius 3 is 1.72 bits per heavy atom. The number of hydrogen-bond acceptors (Lipinski definition) is 8. The Morgan fingerprint density at radius 2 is 1.17 bits per heavy atom. The third kappa shape index (κ3) is 19.8. The standard InChI is InChI=1S/C36H68N2O8/c1-4-7-9-11-12-13-14-15-16-18-22-26-32(42)46-35-33(36(44-6-3)45-29(28-39)34(35)43)38-31(41)25-21-19-23-27-37-30(40)24-20-17-10-8-5-2/h29,33-36,39,43H,4-28H2,1-3H3,(H,37,40)(H,38,41)/t29-,33-,34-,35-,36+/m1/s1. The van der Waals surface area contributed by atoms with Crippen LogP contribution in [-0.4, -0.2) is 78.4 Å². The topological polar surface area (TPSA) is 143 Å². The third-order valence-corrected chi connectivity index (χ3v) is 8.67. The van der Waals surface area contributed by atoms with Crippen LogP contribution in [0.5, 0.6) is 0 Å². The van der Waals surface area contributed by atoms with Crippen molar-refractivity contribution in [2.75, 3.05) is 19.8 Å². The molecule has 1 saturated heterocycles. The van der Waals surface area contributed by atoms with Crippen LogP contribution in [0, 0.1) is 0 Å². The maximum Gasteiger partial charge on any atom is 0.306 e. The molecule has 2 amide bonds. The zero-order chi connectivity index (χ0) is 33.8. The fourth-order valence-corrected chi connectivity index (χ4v) is 5.86. The summed E-state index contributed by atoms with van der Waals surface area (Å²) in [6.07, 6.45) is 17.3. The minimum atomic E-state index is -1.32. The van der Waals surface area contributed by atoms with Gasteiger partial charge in [-0.05, 0) is 32.6 Å². The summed E-state index contributed by atoms with van der Waals surface area (Å²) in [4.78, 5) is 37.7. The number of rotatable bonds is 29. The minimum absolute atomic E-state index is 0.0809. The van der Waals surface area contributed by atoms with E-state index in [1.54, 1.807) is 6.92 Å². The van der Waals surface area contributed by atoms with Gasteiger partial charge in [-0.15, -0.1) is 0 Å². The van der Waals surface area contributed by atoms with E-state index in [2.05, 4.69) is 24.5 Å². The predicted molar refractivity (Wildman–Crippen MR) is 181 cm³/mol. The van der Waals surface area contributed by atoms with Crippen molar-refractivity contribution in [1.29, 1.82) is 0 Å². The molecule has 1 aliphatic heterocycles. The molecule has 1 aliphatic rings. The molecule has 270 valence electrons. The lowest BCUT2D eigenvalue weighted by atomic mass is 9.96. The van der Waals surface area contributed by atoms with Crippen LogP contribution < -0.4 is 10.6 Å². The summed E-state index contributed by atoms with van der Waals surface area (Å²) in [5.41, 5.74) is 0. The van der Waals surface area contributed by atoms with E-state index in [0.717, 1.165) is 44.9 Å². The first-order chi connectivity index (χ1) is 22.4. The molecule has 46 heavy (non-hydrogen) atoms. The van der Waals surface area contributed by atoms with Gasteiger partial charge in [-0.2, -0.15) is 0 Å². The second-order valence-electron chi connectivity index (χ2n) is 12.8. The third-order valence-electron chi connectivity index (χ3n) is 8.67. The lowest BCUT2D eigenvalue weighted by Crippen LogP contribution is -2.65. The largest absolute Gasteiger partial charge is 0.457 e. The van der Waals surface area contributed by atoms with Crippen molar-refractivity contribution in [2.45, 2.75) is 193 Å². The highest BCUT2D eigenvalue weighted by Crippen LogP contribution is 2.26. The summed E-state index contributed by atoms with van der Waals surface area (Å²) < 4.78 is 17.2. The smallest absolute Gasteiger partial charge is 0.306 e. The van der Waals surface area contributed by atoms with Crippen LogP contribution in [0.3, 0.4) is 0 Å². The average molecular weight is 657 g/mol. The highest BCUT2D eigenvalue weighted by molar-refractivity contribution is 5.76. The van der Waals surface area contributed by atoms with Crippen molar-refractivity contribution in [3.63, 3.8) is 0 Å². The molecule has 4 N–H and O–H groups in total. The van der Waals surface area contributed by atoms with Gasteiger partial charge >= 0.3 is 5.97 Å². The van der Waals surface area contributed by atoms with E-state index >= 15 is 0 Å². The maximum atomic E-state index is 12.9. The number of esters is 1. The molecule has 0 aromatic heterocycles. The number of carbonyl (C=O) groups excluding carboxylic acids is 3. The van der Waals surface area contributed by atoms with Crippen molar-refractivity contribution < 1.29 is 38.8 Å². The van der Waals surface area contributed by atoms with E-state index in [9.17, 15) is 24.6 Å². The van der Waals surface area contributed by atoms with Gasteiger partial charge in [0.05, 0.1) is 6.61 Å². The molecule has 10 heteroatoms. The molecule has 1 heterocycles. The molecule has 0 aliphatic carbocycles. The highest BCUT2D eigenvalue weighted by Gasteiger charge is 2.48. The number of carbonyl (C=O) groups is 3. The summed E-state index contributed by atoms with van der Waals surface area (Å²) in [7, 11) is 0. The van der Waals surface area contributed by atoms with Crippen LogP contribution in [0.25, 0.3) is 0 Å². The van der Waals surface area contributed by atoms with Gasteiger partial charge in [0.2, 0.25) is 11.8 Å². The van der Waals surface area contributed by atoms with E-state index in [1.165, 1.54) is 64.2 Å². The Hall–Kier alpha value is -1.75. The van der Waals surface area contributed by atoms with Gasteiger partial charge in [-0.3, -0.25) is 14.4 Å². The number of aliphatic hydroxyl groups is 2. The zero-order valence-electron chi connectivity index (χ0n) is 29.4. The number of hydrogen-bond donors (Lipinski definition) is 4. The van der Waals surface area contributed by atoms with Crippen molar-refractivity contribution in [3.8, 4) is 0 Å². The Balaban J connectivity index is 2.45. The van der Waals surface area contributed by atoms with Crippen LogP contribution in [0.4, 0.5) is 0 Å². The molecule has 0 bridgehead atoms. The van der Waals surface area contributed by atoms with Gasteiger partial charge in [0, 0.05) is 32.4 Å². The molecule has 0 aromatic carbocycles. The van der Waals surface area contributed by atoms with E-state index in [0.29, 0.717) is 25.8 Å². The van der Waals surface area contributed by atoms with E-state index in [4.69, 9.17) is 14.2 Å². The number of aliphatic hydroxyl groups excluding tert-OH is 2. The van der Waals surface area contributed by atoms with Crippen LogP contribution in [0.1, 0.15) is 162 Å². The average Bonchev–Trinajstić information content (AvgIpc) is 3.04. The van der Waals surface area contributed by atoms with E-state index in [-0.39, 0.29) is 31.3 Å². The summed E-state index contributed by atoms with van der Waals surface area (Å²) in [6.45, 7) is 6.56. The summed E-state index contributed by atoms with van der Waals surface area (Å²) >= 11 is 0. The summed E-state index contributed by atoms with van der Waals surface area (Å²) in [5, 5.41) is 26.5. The molecule has 10 nitrogen and oxygen atoms in total. The molecule has 0 radical (unpaired) electrons. The van der Waals surface area contributed by atoms with Gasteiger partial charge in [0.15, 0.2) is 12.4 Å². The fraction of sp³-hybridized carbons (Fsp3) is 0.917. The van der Waals surface area contributed by atoms with Crippen LogP contribution >= 0.6 is 0 Å². The number of amides is 2. The van der Waals surface area contributed by atoms with Gasteiger partial charge < -0.3 is 35.1 Å². The molecule has 0 saturated carbocycles. The van der Waals surface area contributed by atoms with Gasteiger partial charge in [-0.25, -0.2) is 0 Å². The van der Waals surface area contributed by atoms with Crippen molar-refractivity contribution in [2.24, 2.45) is 0 Å². The van der Waals surface area contributed by atoms with Crippen LogP contribution in [0.15, 0.2) is 0 Å². The van der Waals surface area contributed by atoms with Gasteiger partial charge in [-0.1, -0.05) is 110 Å². The molecular formula is C36H68N2O8. The molecule has 0 unspecified atom stereocenters. The number of ether oxygens (including phenoxy) is 3. The summed E-state index contributed by atoms with van der Waals surface area (Å²) in [6, 6.07) is -0.914. The van der Waals surface area contributed by atoms with Crippen LogP contribution in [0.2, 0.25) is 0 Å². The molecule has 1 rings (SSSR count). The summed E-state index contributed by atoms with van der Waals surface area (Å²) in [5.74, 6) is -0.635. The van der Waals surface area contributed by atoms with E-state index in [1.807, 2.05) is 0 Å². The first-order valence-corrected chi connectivity index (χ1v) is 18.7. The van der Waals surface area contributed by atoms with Gasteiger partial charge in [0.1, 0.15) is 18.2 Å². The lowest BCUT2D eigenvalue weighted by molar-refractivity contribution is -0.272. The maximum absolute atomic E-state index is 12.9. The SMILES string of the molecule is CCCCCCCCCCCCCC(=O)O[C@H]1[C@H](O)[C@@H](CO)O[C@H](OCC)[C@@H]1NC(=O)CCCCCNC(=O)CCCCCCC. The monoisotopic (exact) mass is 656 g/mol. The Bertz CT molecular complexity index is 783. The first kappa shape index (κ1) is 42.3. The van der Waals surface area contributed by atoms with Gasteiger partial charge in [0.25, 0.3) is 0 Å². The lowest BCUT2D eigenvalue weighted by Gasteiger charge is -2.43. The number of nitrogens with one attached hydrogen (secondary N) is 2. The van der Waals surface area contributed by atoms with Crippen LogP contribution in [-0.2, 0) is 28.6 Å². The zero-order valence-corrected chi connectivity index (χ0v) is 29.4.